The summed E-state index contributed by atoms with van der Waals surface area (Å²) in [6.45, 7) is 0.117. The Morgan fingerprint density at radius 3 is 2.10 bits per heavy atom. The zero-order valence-electron chi connectivity index (χ0n) is 11.7. The summed E-state index contributed by atoms with van der Waals surface area (Å²) >= 11 is 5.87. The second-order valence-corrected chi connectivity index (χ2v) is 5.24. The molecule has 21 heavy (non-hydrogen) atoms. The zero-order valence-corrected chi connectivity index (χ0v) is 12.4. The lowest BCUT2D eigenvalue weighted by molar-refractivity contribution is -0.525. The van der Waals surface area contributed by atoms with Crippen LogP contribution in [-0.4, -0.2) is 24.7 Å². The summed E-state index contributed by atoms with van der Waals surface area (Å²) in [6.07, 6.45) is 0.363. The molecule has 0 aliphatic rings. The third kappa shape index (κ3) is 4.28. The van der Waals surface area contributed by atoms with E-state index in [0.717, 1.165) is 16.7 Å². The van der Waals surface area contributed by atoms with E-state index in [0.29, 0.717) is 11.4 Å². The van der Waals surface area contributed by atoms with Gasteiger partial charge in [0.15, 0.2) is 0 Å². The molecular formula is C16H16ClNO3. The minimum Gasteiger partial charge on any atom is -0.378 e. The molecular weight excluding hydrogens is 290 g/mol. The third-order valence-corrected chi connectivity index (χ3v) is 3.51. The molecule has 0 N–H and O–H groups in total. The Bertz CT molecular complexity index is 596. The quantitative estimate of drug-likeness (QED) is 0.602. The Morgan fingerprint density at radius 2 is 1.62 bits per heavy atom. The van der Waals surface area contributed by atoms with E-state index in [1.807, 2.05) is 48.5 Å². The van der Waals surface area contributed by atoms with E-state index in [2.05, 4.69) is 0 Å². The maximum absolute atomic E-state index is 10.9. The maximum atomic E-state index is 10.9. The summed E-state index contributed by atoms with van der Waals surface area (Å²) < 4.78 is 4.89. The van der Waals surface area contributed by atoms with Gasteiger partial charge in [-0.15, -0.1) is 0 Å². The maximum Gasteiger partial charge on any atom is 0.240 e. The van der Waals surface area contributed by atoms with Gasteiger partial charge >= 0.3 is 0 Å². The smallest absolute Gasteiger partial charge is 0.240 e. The summed E-state index contributed by atoms with van der Waals surface area (Å²) in [5, 5.41) is 11.6. The van der Waals surface area contributed by atoms with Gasteiger partial charge in [-0.2, -0.15) is 0 Å². The standard InChI is InChI=1S/C16H16ClNO3/c1-21-11-16(18(19)20)10-12-2-4-13(5-3-12)14-6-8-15(17)9-7-14/h2-9,16H,10-11H2,1H3. The Kier molecular flexibility index (Phi) is 5.31. The van der Waals surface area contributed by atoms with Gasteiger partial charge in [-0.3, -0.25) is 10.1 Å². The highest BCUT2D eigenvalue weighted by Gasteiger charge is 2.20. The lowest BCUT2D eigenvalue weighted by atomic mass is 10.0. The predicted octanol–water partition coefficient (Wildman–Crippen LogP) is 3.84. The highest BCUT2D eigenvalue weighted by Crippen LogP contribution is 2.22. The van der Waals surface area contributed by atoms with Gasteiger partial charge < -0.3 is 4.74 Å². The summed E-state index contributed by atoms with van der Waals surface area (Å²) in [5.74, 6) is 0. The summed E-state index contributed by atoms with van der Waals surface area (Å²) in [6, 6.07) is 14.6. The fourth-order valence-corrected chi connectivity index (χ4v) is 2.26. The molecule has 0 bridgehead atoms. The van der Waals surface area contributed by atoms with E-state index in [-0.39, 0.29) is 11.5 Å². The van der Waals surface area contributed by atoms with Crippen molar-refractivity contribution in [1.82, 2.24) is 0 Å². The number of nitrogens with zero attached hydrogens (tertiary/aromatic N) is 1. The van der Waals surface area contributed by atoms with Crippen molar-refractivity contribution in [3.8, 4) is 11.1 Å². The Labute approximate surface area is 128 Å². The summed E-state index contributed by atoms with van der Waals surface area (Å²) in [5.41, 5.74) is 3.04. The lowest BCUT2D eigenvalue weighted by Crippen LogP contribution is -2.27. The Morgan fingerprint density at radius 1 is 1.10 bits per heavy atom. The molecule has 2 aromatic rings. The van der Waals surface area contributed by atoms with Crippen molar-refractivity contribution >= 4 is 11.6 Å². The molecule has 0 aliphatic heterocycles. The molecule has 110 valence electrons. The number of ether oxygens (including phenoxy) is 1. The van der Waals surface area contributed by atoms with Crippen LogP contribution in [0.5, 0.6) is 0 Å². The molecule has 0 radical (unpaired) electrons. The number of methoxy groups -OCH3 is 1. The second kappa shape index (κ2) is 7.20. The average molecular weight is 306 g/mol. The van der Waals surface area contributed by atoms with Crippen LogP contribution in [0.3, 0.4) is 0 Å². The van der Waals surface area contributed by atoms with Crippen LogP contribution < -0.4 is 0 Å². The van der Waals surface area contributed by atoms with Crippen LogP contribution in [0.1, 0.15) is 5.56 Å². The van der Waals surface area contributed by atoms with Gasteiger partial charge in [0.2, 0.25) is 6.04 Å². The Hall–Kier alpha value is -1.91. The zero-order chi connectivity index (χ0) is 15.2. The first-order chi connectivity index (χ1) is 10.1. The van der Waals surface area contributed by atoms with E-state index in [4.69, 9.17) is 16.3 Å². The fourth-order valence-electron chi connectivity index (χ4n) is 2.13. The van der Waals surface area contributed by atoms with E-state index in [1.165, 1.54) is 7.11 Å². The van der Waals surface area contributed by atoms with E-state index < -0.39 is 6.04 Å². The van der Waals surface area contributed by atoms with Crippen LogP contribution >= 0.6 is 11.6 Å². The van der Waals surface area contributed by atoms with Crippen LogP contribution in [0.2, 0.25) is 5.02 Å². The average Bonchev–Trinajstić information content (AvgIpc) is 2.48. The largest absolute Gasteiger partial charge is 0.378 e. The van der Waals surface area contributed by atoms with Crippen molar-refractivity contribution in [2.45, 2.75) is 12.5 Å². The number of hydrogen-bond donors (Lipinski definition) is 0. The first kappa shape index (κ1) is 15.5. The van der Waals surface area contributed by atoms with Gasteiger partial charge in [-0.05, 0) is 28.8 Å². The SMILES string of the molecule is COCC(Cc1ccc(-c2ccc(Cl)cc2)cc1)[N+](=O)[O-]. The first-order valence-electron chi connectivity index (χ1n) is 6.57. The summed E-state index contributed by atoms with van der Waals surface area (Å²) in [7, 11) is 1.47. The molecule has 4 nitrogen and oxygen atoms in total. The predicted molar refractivity (Wildman–Crippen MR) is 83.3 cm³/mol. The summed E-state index contributed by atoms with van der Waals surface area (Å²) in [4.78, 5) is 10.6. The number of hydrogen-bond acceptors (Lipinski definition) is 3. The molecule has 0 amide bonds. The van der Waals surface area contributed by atoms with E-state index in [1.54, 1.807) is 0 Å². The number of benzene rings is 2. The van der Waals surface area contributed by atoms with Gasteiger partial charge in [-0.1, -0.05) is 48.0 Å². The van der Waals surface area contributed by atoms with E-state index >= 15 is 0 Å². The molecule has 2 aromatic carbocycles. The topological polar surface area (TPSA) is 52.4 Å². The number of nitro groups is 1. The van der Waals surface area contributed by atoms with Gasteiger partial charge in [0.05, 0.1) is 0 Å². The Balaban J connectivity index is 2.11. The second-order valence-electron chi connectivity index (χ2n) is 4.80. The van der Waals surface area contributed by atoms with Gasteiger partial charge in [0.25, 0.3) is 0 Å². The van der Waals surface area contributed by atoms with Crippen LogP contribution in [0.25, 0.3) is 11.1 Å². The van der Waals surface area contributed by atoms with E-state index in [9.17, 15) is 10.1 Å². The van der Waals surface area contributed by atoms with Crippen molar-refractivity contribution < 1.29 is 9.66 Å². The minimum atomic E-state index is -0.712. The minimum absolute atomic E-state index is 0.117. The van der Waals surface area contributed by atoms with Crippen LogP contribution in [-0.2, 0) is 11.2 Å². The van der Waals surface area contributed by atoms with Crippen molar-refractivity contribution in [2.75, 3.05) is 13.7 Å². The number of halogens is 1. The molecule has 5 heteroatoms. The highest BCUT2D eigenvalue weighted by atomic mass is 35.5. The van der Waals surface area contributed by atoms with Crippen LogP contribution in [0, 0.1) is 10.1 Å². The van der Waals surface area contributed by atoms with Crippen molar-refractivity contribution in [3.63, 3.8) is 0 Å². The molecule has 0 aliphatic carbocycles. The molecule has 2 rings (SSSR count). The molecule has 0 aromatic heterocycles. The molecule has 1 unspecified atom stereocenters. The van der Waals surface area contributed by atoms with Crippen LogP contribution in [0.15, 0.2) is 48.5 Å². The van der Waals surface area contributed by atoms with Crippen molar-refractivity contribution in [2.24, 2.45) is 0 Å². The third-order valence-electron chi connectivity index (χ3n) is 3.26. The van der Waals surface area contributed by atoms with Crippen molar-refractivity contribution in [1.29, 1.82) is 0 Å². The molecule has 0 saturated heterocycles. The molecule has 0 saturated carbocycles. The molecule has 1 atom stereocenters. The molecule has 0 fully saturated rings. The molecule has 0 heterocycles. The van der Waals surface area contributed by atoms with Crippen LogP contribution in [0.4, 0.5) is 0 Å². The monoisotopic (exact) mass is 305 g/mol. The van der Waals surface area contributed by atoms with Gasteiger partial charge in [0.1, 0.15) is 6.61 Å². The highest BCUT2D eigenvalue weighted by molar-refractivity contribution is 6.30. The number of rotatable bonds is 6. The van der Waals surface area contributed by atoms with Gasteiger partial charge in [0, 0.05) is 23.5 Å². The van der Waals surface area contributed by atoms with Crippen molar-refractivity contribution in [3.05, 3.63) is 69.2 Å². The lowest BCUT2D eigenvalue weighted by Gasteiger charge is -2.09. The van der Waals surface area contributed by atoms with Gasteiger partial charge in [-0.25, -0.2) is 0 Å². The first-order valence-corrected chi connectivity index (χ1v) is 6.95. The fraction of sp³-hybridized carbons (Fsp3) is 0.250. The molecule has 0 spiro atoms. The normalized spacial score (nSPS) is 12.1.